The summed E-state index contributed by atoms with van der Waals surface area (Å²) in [6, 6.07) is 21.0. The van der Waals surface area contributed by atoms with Crippen LogP contribution in [0.5, 0.6) is 5.75 Å². The van der Waals surface area contributed by atoms with E-state index in [2.05, 4.69) is 5.16 Å². The van der Waals surface area contributed by atoms with Crippen molar-refractivity contribution >= 4 is 34.0 Å². The molecule has 2 heterocycles. The van der Waals surface area contributed by atoms with E-state index in [9.17, 15) is 14.7 Å². The molecule has 1 N–H and O–H groups in total. The van der Waals surface area contributed by atoms with Crippen LogP contribution >= 0.6 is 0 Å². The SMILES string of the molecule is CCCOc1cccc(C2C(=C(O)c3ccc4ccccc4c3)C(=O)C(=O)N2c2cc(C)on2)c1. The number of nitrogens with zero attached hydrogens (tertiary/aromatic N) is 2. The van der Waals surface area contributed by atoms with Crippen LogP contribution in [0.4, 0.5) is 5.82 Å². The molecule has 0 bridgehead atoms. The maximum atomic E-state index is 13.3. The fraction of sp³-hybridized carbons (Fsp3) is 0.179. The minimum atomic E-state index is -0.906. The molecule has 1 aliphatic heterocycles. The Hall–Kier alpha value is -4.39. The Kier molecular flexibility index (Phi) is 5.82. The molecule has 0 radical (unpaired) electrons. The van der Waals surface area contributed by atoms with Gasteiger partial charge >= 0.3 is 5.91 Å². The topological polar surface area (TPSA) is 92.9 Å². The van der Waals surface area contributed by atoms with E-state index in [0.29, 0.717) is 29.2 Å². The van der Waals surface area contributed by atoms with Crippen LogP contribution in [0.1, 0.15) is 36.3 Å². The summed E-state index contributed by atoms with van der Waals surface area (Å²) in [6.45, 7) is 4.24. The van der Waals surface area contributed by atoms with E-state index in [-0.39, 0.29) is 17.2 Å². The number of fused-ring (bicyclic) bond motifs is 1. The highest BCUT2D eigenvalue weighted by Gasteiger charge is 2.48. The summed E-state index contributed by atoms with van der Waals surface area (Å²) in [4.78, 5) is 27.8. The van der Waals surface area contributed by atoms with Gasteiger partial charge in [-0.2, -0.15) is 0 Å². The number of aromatic nitrogens is 1. The summed E-state index contributed by atoms with van der Waals surface area (Å²) in [6.07, 6.45) is 0.836. The Morgan fingerprint density at radius 2 is 1.83 bits per heavy atom. The zero-order valence-electron chi connectivity index (χ0n) is 19.4. The molecule has 35 heavy (non-hydrogen) atoms. The van der Waals surface area contributed by atoms with Crippen LogP contribution in [0.3, 0.4) is 0 Å². The first kappa shape index (κ1) is 22.4. The molecule has 3 aromatic carbocycles. The first-order chi connectivity index (χ1) is 17.0. The molecule has 1 atom stereocenters. The molecule has 1 aromatic heterocycles. The van der Waals surface area contributed by atoms with Crippen molar-refractivity contribution in [2.45, 2.75) is 26.3 Å². The number of amides is 1. The van der Waals surface area contributed by atoms with Gasteiger partial charge in [0.2, 0.25) is 0 Å². The number of aliphatic hydroxyl groups excluding tert-OH is 1. The Morgan fingerprint density at radius 1 is 1.03 bits per heavy atom. The lowest BCUT2D eigenvalue weighted by atomic mass is 9.94. The van der Waals surface area contributed by atoms with Crippen LogP contribution in [0.2, 0.25) is 0 Å². The summed E-state index contributed by atoms with van der Waals surface area (Å²) >= 11 is 0. The number of aliphatic hydroxyl groups is 1. The monoisotopic (exact) mass is 468 g/mol. The molecule has 7 heteroatoms. The second kappa shape index (κ2) is 9.10. The van der Waals surface area contributed by atoms with Gasteiger partial charge in [-0.1, -0.05) is 60.6 Å². The molecule has 1 amide bonds. The van der Waals surface area contributed by atoms with E-state index in [4.69, 9.17) is 9.26 Å². The molecule has 1 saturated heterocycles. The molecule has 4 aromatic rings. The zero-order valence-corrected chi connectivity index (χ0v) is 19.4. The average Bonchev–Trinajstić information content (AvgIpc) is 3.42. The number of carbonyl (C=O) groups is 2. The molecule has 1 unspecified atom stereocenters. The van der Waals surface area contributed by atoms with Gasteiger partial charge in [-0.3, -0.25) is 14.5 Å². The predicted molar refractivity (Wildman–Crippen MR) is 132 cm³/mol. The van der Waals surface area contributed by atoms with Crippen LogP contribution in [0.25, 0.3) is 16.5 Å². The maximum Gasteiger partial charge on any atom is 0.301 e. The van der Waals surface area contributed by atoms with Crippen molar-refractivity contribution in [1.29, 1.82) is 0 Å². The highest BCUT2D eigenvalue weighted by Crippen LogP contribution is 2.42. The summed E-state index contributed by atoms with van der Waals surface area (Å²) in [5, 5.41) is 17.3. The number of aryl methyl sites for hydroxylation is 1. The van der Waals surface area contributed by atoms with Crippen LogP contribution in [-0.4, -0.2) is 28.6 Å². The van der Waals surface area contributed by atoms with Gasteiger partial charge in [-0.05, 0) is 47.9 Å². The van der Waals surface area contributed by atoms with Gasteiger partial charge in [0.05, 0.1) is 18.2 Å². The number of benzene rings is 3. The molecular formula is C28H24N2O5. The quantitative estimate of drug-likeness (QED) is 0.227. The van der Waals surface area contributed by atoms with Gasteiger partial charge in [0.1, 0.15) is 17.3 Å². The lowest BCUT2D eigenvalue weighted by Crippen LogP contribution is -2.29. The summed E-state index contributed by atoms with van der Waals surface area (Å²) in [5.41, 5.74) is 1.04. The minimum absolute atomic E-state index is 0.0152. The fourth-order valence-corrected chi connectivity index (χ4v) is 4.34. The van der Waals surface area contributed by atoms with Crippen molar-refractivity contribution in [2.75, 3.05) is 11.5 Å². The van der Waals surface area contributed by atoms with E-state index in [1.807, 2.05) is 43.3 Å². The van der Waals surface area contributed by atoms with E-state index in [1.54, 1.807) is 43.3 Å². The Labute approximate surface area is 202 Å². The number of Topliss-reactive ketones (excluding diaryl/α,β-unsaturated/α-hetero) is 1. The predicted octanol–water partition coefficient (Wildman–Crippen LogP) is 5.55. The van der Waals surface area contributed by atoms with Gasteiger partial charge in [-0.25, -0.2) is 0 Å². The van der Waals surface area contributed by atoms with Crippen LogP contribution in [0, 0.1) is 6.92 Å². The Bertz CT molecular complexity index is 1470. The van der Waals surface area contributed by atoms with E-state index in [1.165, 1.54) is 4.90 Å². The first-order valence-electron chi connectivity index (χ1n) is 11.4. The first-order valence-corrected chi connectivity index (χ1v) is 11.4. The van der Waals surface area contributed by atoms with E-state index in [0.717, 1.165) is 17.2 Å². The molecule has 5 rings (SSSR count). The highest BCUT2D eigenvalue weighted by molar-refractivity contribution is 6.51. The zero-order chi connectivity index (χ0) is 24.5. The number of anilines is 1. The number of ether oxygens (including phenoxy) is 1. The molecule has 1 fully saturated rings. The smallest absolute Gasteiger partial charge is 0.301 e. The standard InChI is InChI=1S/C28H24N2O5/c1-3-13-34-22-10-6-9-20(16-22)25-24(27(32)28(33)30(25)23-14-17(2)35-29-23)26(31)21-12-11-18-7-4-5-8-19(18)15-21/h4-12,14-16,25,31H,3,13H2,1-2H3. The van der Waals surface area contributed by atoms with Crippen LogP contribution in [0.15, 0.2) is 82.9 Å². The van der Waals surface area contributed by atoms with Gasteiger partial charge in [0.25, 0.3) is 5.78 Å². The maximum absolute atomic E-state index is 13.3. The molecule has 0 saturated carbocycles. The van der Waals surface area contributed by atoms with Crippen molar-refractivity contribution in [3.63, 3.8) is 0 Å². The summed E-state index contributed by atoms with van der Waals surface area (Å²) < 4.78 is 11.0. The summed E-state index contributed by atoms with van der Waals surface area (Å²) in [7, 11) is 0. The minimum Gasteiger partial charge on any atom is -0.507 e. The fourth-order valence-electron chi connectivity index (χ4n) is 4.34. The van der Waals surface area contributed by atoms with Crippen LogP contribution < -0.4 is 9.64 Å². The molecule has 0 aliphatic carbocycles. The molecule has 176 valence electrons. The lowest BCUT2D eigenvalue weighted by molar-refractivity contribution is -0.132. The van der Waals surface area contributed by atoms with Crippen molar-refractivity contribution in [1.82, 2.24) is 5.16 Å². The molecule has 0 spiro atoms. The van der Waals surface area contributed by atoms with Gasteiger partial charge in [-0.15, -0.1) is 0 Å². The number of hydrogen-bond donors (Lipinski definition) is 1. The highest BCUT2D eigenvalue weighted by atomic mass is 16.5. The second-order valence-electron chi connectivity index (χ2n) is 8.45. The third-order valence-electron chi connectivity index (χ3n) is 5.98. The molecule has 1 aliphatic rings. The van der Waals surface area contributed by atoms with Gasteiger partial charge in [0.15, 0.2) is 5.82 Å². The largest absolute Gasteiger partial charge is 0.507 e. The van der Waals surface area contributed by atoms with Gasteiger partial charge in [0, 0.05) is 11.6 Å². The Balaban J connectivity index is 1.69. The summed E-state index contributed by atoms with van der Waals surface area (Å²) in [5.74, 6) is -0.521. The van der Waals surface area contributed by atoms with E-state index >= 15 is 0 Å². The number of ketones is 1. The average molecular weight is 469 g/mol. The van der Waals surface area contributed by atoms with Crippen LogP contribution in [-0.2, 0) is 9.59 Å². The molecular weight excluding hydrogens is 444 g/mol. The number of hydrogen-bond acceptors (Lipinski definition) is 6. The Morgan fingerprint density at radius 3 is 2.57 bits per heavy atom. The van der Waals surface area contributed by atoms with Crippen molar-refractivity contribution in [3.8, 4) is 5.75 Å². The van der Waals surface area contributed by atoms with Crippen molar-refractivity contribution in [2.24, 2.45) is 0 Å². The number of carbonyl (C=O) groups excluding carboxylic acids is 2. The molecule has 7 nitrogen and oxygen atoms in total. The van der Waals surface area contributed by atoms with Crippen molar-refractivity contribution in [3.05, 3.63) is 95.3 Å². The normalized spacial score (nSPS) is 17.3. The van der Waals surface area contributed by atoms with Gasteiger partial charge < -0.3 is 14.4 Å². The van der Waals surface area contributed by atoms with Crippen molar-refractivity contribution < 1.29 is 24.0 Å². The third-order valence-corrected chi connectivity index (χ3v) is 5.98. The second-order valence-corrected chi connectivity index (χ2v) is 8.45. The lowest BCUT2D eigenvalue weighted by Gasteiger charge is -2.23. The number of rotatable bonds is 6. The third kappa shape index (κ3) is 4.05. The van der Waals surface area contributed by atoms with E-state index < -0.39 is 17.7 Å².